The third kappa shape index (κ3) is 1.85. The van der Waals surface area contributed by atoms with Crippen LogP contribution in [-0.2, 0) is 0 Å². The highest BCUT2D eigenvalue weighted by Crippen LogP contribution is 2.45. The quantitative estimate of drug-likeness (QED) is 0.697. The number of aliphatic hydroxyl groups is 2. The van der Waals surface area contributed by atoms with Crippen molar-refractivity contribution in [3.05, 3.63) is 37.5 Å². The molecule has 0 amide bonds. The van der Waals surface area contributed by atoms with Gasteiger partial charge in [-0.2, -0.15) is 0 Å². The molecule has 0 bridgehead atoms. The average molecular weight is 287 g/mol. The third-order valence-corrected chi connectivity index (χ3v) is 4.27. The van der Waals surface area contributed by atoms with Crippen molar-refractivity contribution in [3.8, 4) is 0 Å². The van der Waals surface area contributed by atoms with E-state index in [0.717, 1.165) is 0 Å². The average Bonchev–Trinajstić information content (AvgIpc) is 3.08. The number of nitrogens with two attached hydrogens (primary N) is 1. The maximum atomic E-state index is 9.77. The van der Waals surface area contributed by atoms with Crippen LogP contribution in [0.2, 0.25) is 0 Å². The molecule has 0 aliphatic heterocycles. The maximum absolute atomic E-state index is 9.77. The van der Waals surface area contributed by atoms with Crippen LogP contribution in [0.4, 0.5) is 5.82 Å². The molecular formula is C14H17N5O2. The molecule has 2 heterocycles. The van der Waals surface area contributed by atoms with Gasteiger partial charge in [0, 0.05) is 17.9 Å². The highest BCUT2D eigenvalue weighted by molar-refractivity contribution is 5.81. The van der Waals surface area contributed by atoms with E-state index in [1.54, 1.807) is 12.4 Å². The van der Waals surface area contributed by atoms with Gasteiger partial charge in [-0.3, -0.25) is 0 Å². The molecule has 1 aliphatic carbocycles. The minimum absolute atomic E-state index is 0.0928. The highest BCUT2D eigenvalue weighted by Gasteiger charge is 2.43. The van der Waals surface area contributed by atoms with Gasteiger partial charge in [0.05, 0.1) is 19.0 Å². The van der Waals surface area contributed by atoms with Crippen molar-refractivity contribution in [1.29, 1.82) is 0 Å². The molecule has 1 aliphatic rings. The fourth-order valence-electron chi connectivity index (χ4n) is 2.96. The minimum Gasteiger partial charge on any atom is -0.396 e. The summed E-state index contributed by atoms with van der Waals surface area (Å²) in [6.07, 6.45) is 8.49. The Morgan fingerprint density at radius 2 is 2.19 bits per heavy atom. The van der Waals surface area contributed by atoms with Crippen LogP contribution < -0.4 is 5.73 Å². The number of hydrogen-bond donors (Lipinski definition) is 3. The molecule has 2 aromatic rings. The molecule has 0 aromatic carbocycles. The van der Waals surface area contributed by atoms with E-state index in [2.05, 4.69) is 21.5 Å². The van der Waals surface area contributed by atoms with E-state index in [4.69, 9.17) is 5.73 Å². The zero-order chi connectivity index (χ0) is 15.0. The van der Waals surface area contributed by atoms with Gasteiger partial charge in [-0.15, -0.1) is 6.58 Å². The number of hydrogen-bond acceptors (Lipinski definition) is 6. The number of aromatic nitrogens is 4. The Bertz CT molecular complexity index is 710. The standard InChI is InChI=1S/C14H17N5O2/c1-2-14(6-21)4-3-10(9(14)5-20)19-8-18-11-12(15)16-7-17-13(11)19/h2-4,7-10,20-21H,1,5-6H2,(H2,15,16,17)/t9-,10+,14+/m0/s1. The number of rotatable bonds is 4. The summed E-state index contributed by atoms with van der Waals surface area (Å²) in [6.45, 7) is 3.58. The molecule has 21 heavy (non-hydrogen) atoms. The number of nitrogen functional groups attached to an aromatic ring is 1. The largest absolute Gasteiger partial charge is 0.396 e. The summed E-state index contributed by atoms with van der Waals surface area (Å²) < 4.78 is 1.84. The van der Waals surface area contributed by atoms with Gasteiger partial charge < -0.3 is 20.5 Å². The Labute approximate surface area is 121 Å². The molecule has 0 fully saturated rings. The number of nitrogens with zero attached hydrogens (tertiary/aromatic N) is 4. The van der Waals surface area contributed by atoms with Crippen molar-refractivity contribution in [1.82, 2.24) is 19.5 Å². The summed E-state index contributed by atoms with van der Waals surface area (Å²) in [6, 6.07) is -0.181. The first-order valence-electron chi connectivity index (χ1n) is 6.64. The van der Waals surface area contributed by atoms with Gasteiger partial charge in [-0.05, 0) is 0 Å². The molecule has 110 valence electrons. The summed E-state index contributed by atoms with van der Waals surface area (Å²) in [7, 11) is 0. The monoisotopic (exact) mass is 287 g/mol. The van der Waals surface area contributed by atoms with Crippen LogP contribution in [-0.4, -0.2) is 42.9 Å². The normalized spacial score (nSPS) is 28.3. The van der Waals surface area contributed by atoms with Crippen molar-refractivity contribution in [3.63, 3.8) is 0 Å². The topological polar surface area (TPSA) is 110 Å². The van der Waals surface area contributed by atoms with Crippen LogP contribution >= 0.6 is 0 Å². The van der Waals surface area contributed by atoms with Crippen molar-refractivity contribution < 1.29 is 10.2 Å². The number of anilines is 1. The number of aliphatic hydroxyl groups excluding tert-OH is 2. The summed E-state index contributed by atoms with van der Waals surface area (Å²) in [4.78, 5) is 12.4. The summed E-state index contributed by atoms with van der Waals surface area (Å²) in [5.74, 6) is 0.0759. The van der Waals surface area contributed by atoms with E-state index in [0.29, 0.717) is 17.0 Å². The van der Waals surface area contributed by atoms with E-state index in [1.807, 2.05) is 16.7 Å². The van der Waals surface area contributed by atoms with E-state index in [9.17, 15) is 10.2 Å². The molecule has 3 atom stereocenters. The van der Waals surface area contributed by atoms with Crippen LogP contribution in [0.25, 0.3) is 11.2 Å². The van der Waals surface area contributed by atoms with E-state index in [1.165, 1.54) is 6.33 Å². The first kappa shape index (κ1) is 13.7. The SMILES string of the molecule is C=C[C@]1(CO)C=C[C@@H](n2cnc3c(N)ncnc32)[C@@H]1CO. The zero-order valence-electron chi connectivity index (χ0n) is 11.4. The zero-order valence-corrected chi connectivity index (χ0v) is 11.4. The van der Waals surface area contributed by atoms with Gasteiger partial charge in [-0.25, -0.2) is 15.0 Å². The Morgan fingerprint density at radius 3 is 2.86 bits per heavy atom. The number of allylic oxidation sites excluding steroid dienone is 1. The lowest BCUT2D eigenvalue weighted by molar-refractivity contribution is 0.0892. The molecule has 0 saturated carbocycles. The lowest BCUT2D eigenvalue weighted by Crippen LogP contribution is -2.34. The molecule has 3 rings (SSSR count). The molecule has 7 nitrogen and oxygen atoms in total. The second kappa shape index (κ2) is 4.94. The Balaban J connectivity index is 2.10. The second-order valence-corrected chi connectivity index (χ2v) is 5.20. The molecular weight excluding hydrogens is 270 g/mol. The second-order valence-electron chi connectivity index (χ2n) is 5.20. The molecule has 2 aromatic heterocycles. The fourth-order valence-corrected chi connectivity index (χ4v) is 2.96. The van der Waals surface area contributed by atoms with Crippen LogP contribution in [0.3, 0.4) is 0 Å². The van der Waals surface area contributed by atoms with Gasteiger partial charge in [0.25, 0.3) is 0 Å². The van der Waals surface area contributed by atoms with Gasteiger partial charge >= 0.3 is 0 Å². The van der Waals surface area contributed by atoms with E-state index >= 15 is 0 Å². The first-order valence-corrected chi connectivity index (χ1v) is 6.64. The lowest BCUT2D eigenvalue weighted by atomic mass is 9.78. The molecule has 0 saturated heterocycles. The van der Waals surface area contributed by atoms with Crippen LogP contribution in [0.5, 0.6) is 0 Å². The lowest BCUT2D eigenvalue weighted by Gasteiger charge is -2.32. The van der Waals surface area contributed by atoms with Gasteiger partial charge in [-0.1, -0.05) is 18.2 Å². The predicted molar refractivity (Wildman–Crippen MR) is 78.2 cm³/mol. The van der Waals surface area contributed by atoms with Gasteiger partial charge in [0.15, 0.2) is 11.5 Å². The van der Waals surface area contributed by atoms with Crippen LogP contribution in [0.15, 0.2) is 37.5 Å². The van der Waals surface area contributed by atoms with Crippen molar-refractivity contribution in [2.75, 3.05) is 18.9 Å². The van der Waals surface area contributed by atoms with Crippen LogP contribution in [0, 0.1) is 11.3 Å². The van der Waals surface area contributed by atoms with E-state index < -0.39 is 5.41 Å². The first-order chi connectivity index (χ1) is 10.2. The van der Waals surface area contributed by atoms with E-state index in [-0.39, 0.29) is 25.2 Å². The third-order valence-electron chi connectivity index (χ3n) is 4.27. The molecule has 4 N–H and O–H groups in total. The summed E-state index contributed by atoms with van der Waals surface area (Å²) in [5.41, 5.74) is 6.28. The van der Waals surface area contributed by atoms with Crippen molar-refractivity contribution >= 4 is 17.0 Å². The Hall–Kier alpha value is -2.25. The number of imidazole rings is 1. The fraction of sp³-hybridized carbons (Fsp3) is 0.357. The summed E-state index contributed by atoms with van der Waals surface area (Å²) >= 11 is 0. The maximum Gasteiger partial charge on any atom is 0.165 e. The smallest absolute Gasteiger partial charge is 0.165 e. The molecule has 0 spiro atoms. The molecule has 0 radical (unpaired) electrons. The highest BCUT2D eigenvalue weighted by atomic mass is 16.3. The predicted octanol–water partition coefficient (Wildman–Crippen LogP) is 0.293. The van der Waals surface area contributed by atoms with Gasteiger partial charge in [0.1, 0.15) is 11.8 Å². The Morgan fingerprint density at radius 1 is 1.38 bits per heavy atom. The Kier molecular flexibility index (Phi) is 3.23. The van der Waals surface area contributed by atoms with Crippen molar-refractivity contribution in [2.24, 2.45) is 11.3 Å². The number of fused-ring (bicyclic) bond motifs is 1. The molecule has 7 heteroatoms. The minimum atomic E-state index is -0.644. The van der Waals surface area contributed by atoms with Gasteiger partial charge in [0.2, 0.25) is 0 Å². The molecule has 0 unspecified atom stereocenters. The summed E-state index contributed by atoms with van der Waals surface area (Å²) in [5, 5.41) is 19.5. The van der Waals surface area contributed by atoms with Crippen LogP contribution in [0.1, 0.15) is 6.04 Å². The van der Waals surface area contributed by atoms with Crippen molar-refractivity contribution in [2.45, 2.75) is 6.04 Å².